The van der Waals surface area contributed by atoms with Crippen LogP contribution >= 0.6 is 0 Å². The Kier molecular flexibility index (Phi) is 5.22. The van der Waals surface area contributed by atoms with Crippen LogP contribution in [0.15, 0.2) is 24.3 Å². The number of nitrogens with zero attached hydrogens (tertiary/aromatic N) is 4. The molecule has 7 nitrogen and oxygen atoms in total. The quantitative estimate of drug-likeness (QED) is 0.891. The summed E-state index contributed by atoms with van der Waals surface area (Å²) in [6, 6.07) is 7.45. The number of hydrogen-bond donors (Lipinski definition) is 1. The molecule has 7 heteroatoms. The first kappa shape index (κ1) is 18.1. The highest BCUT2D eigenvalue weighted by atomic mass is 16.5. The lowest BCUT2D eigenvalue weighted by Crippen LogP contribution is -2.45. The second-order valence-electron chi connectivity index (χ2n) is 7.46. The van der Waals surface area contributed by atoms with Gasteiger partial charge < -0.3 is 9.84 Å². The zero-order valence-corrected chi connectivity index (χ0v) is 15.7. The number of rotatable bonds is 4. The molecule has 144 valence electrons. The maximum atomic E-state index is 11.1. The third kappa shape index (κ3) is 3.89. The van der Waals surface area contributed by atoms with Crippen LogP contribution in [0.4, 0.5) is 0 Å². The van der Waals surface area contributed by atoms with Gasteiger partial charge in [-0.15, -0.1) is 0 Å². The van der Waals surface area contributed by atoms with Gasteiger partial charge in [-0.2, -0.15) is 5.10 Å². The van der Waals surface area contributed by atoms with Crippen molar-refractivity contribution >= 4 is 5.97 Å². The molecular formula is C20H26N4O3. The molecule has 27 heavy (non-hydrogen) atoms. The van der Waals surface area contributed by atoms with Gasteiger partial charge >= 0.3 is 5.97 Å². The summed E-state index contributed by atoms with van der Waals surface area (Å²) in [4.78, 5) is 18.4. The minimum absolute atomic E-state index is 0.278. The minimum atomic E-state index is -0.920. The summed E-state index contributed by atoms with van der Waals surface area (Å²) in [5.41, 5.74) is 1.14. The Morgan fingerprint density at radius 2 is 1.93 bits per heavy atom. The van der Waals surface area contributed by atoms with Crippen molar-refractivity contribution in [2.75, 3.05) is 26.3 Å². The van der Waals surface area contributed by atoms with Crippen LogP contribution in [0.25, 0.3) is 5.69 Å². The van der Waals surface area contributed by atoms with Crippen molar-refractivity contribution < 1.29 is 14.6 Å². The third-order valence-corrected chi connectivity index (χ3v) is 5.62. The number of aryl methyl sites for hydroxylation is 1. The highest BCUT2D eigenvalue weighted by Crippen LogP contribution is 2.30. The molecular weight excluding hydrogens is 344 g/mol. The summed E-state index contributed by atoms with van der Waals surface area (Å²) in [7, 11) is 0. The molecule has 0 bridgehead atoms. The fourth-order valence-corrected chi connectivity index (χ4v) is 4.23. The zero-order valence-electron chi connectivity index (χ0n) is 15.7. The van der Waals surface area contributed by atoms with Gasteiger partial charge in [-0.05, 0) is 63.4 Å². The number of aromatic nitrogens is 3. The number of ether oxygens (including phenoxy) is 1. The highest BCUT2D eigenvalue weighted by Gasteiger charge is 2.30. The molecule has 0 saturated carbocycles. The lowest BCUT2D eigenvalue weighted by Gasteiger charge is -2.39. The molecule has 0 aliphatic carbocycles. The van der Waals surface area contributed by atoms with Crippen molar-refractivity contribution in [3.05, 3.63) is 41.5 Å². The van der Waals surface area contributed by atoms with Crippen LogP contribution in [0.2, 0.25) is 0 Å². The molecule has 1 N–H and O–H groups in total. The van der Waals surface area contributed by atoms with E-state index in [2.05, 4.69) is 10.00 Å². The molecule has 1 aromatic heterocycles. The Balaban J connectivity index is 1.57. The number of hydrogen-bond acceptors (Lipinski definition) is 5. The number of carboxylic acid groups (broad SMARTS) is 1. The van der Waals surface area contributed by atoms with Crippen molar-refractivity contribution in [3.63, 3.8) is 0 Å². The monoisotopic (exact) mass is 370 g/mol. The van der Waals surface area contributed by atoms with E-state index in [1.807, 2.05) is 11.6 Å². The van der Waals surface area contributed by atoms with E-state index in [1.165, 1.54) is 0 Å². The SMILES string of the molecule is Cc1nc(C2CCCN(C3CCOCC3)C2)n(-c2ccc(C(=O)O)cc2)n1. The summed E-state index contributed by atoms with van der Waals surface area (Å²) in [6.07, 6.45) is 4.47. The van der Waals surface area contributed by atoms with Crippen LogP contribution in [0.1, 0.15) is 53.6 Å². The van der Waals surface area contributed by atoms with Crippen LogP contribution in [-0.2, 0) is 4.74 Å². The molecule has 2 aromatic rings. The van der Waals surface area contributed by atoms with Crippen LogP contribution in [0.3, 0.4) is 0 Å². The molecule has 2 aliphatic heterocycles. The molecule has 4 rings (SSSR count). The Morgan fingerprint density at radius 3 is 2.63 bits per heavy atom. The molecule has 0 radical (unpaired) electrons. The molecule has 1 aromatic carbocycles. The summed E-state index contributed by atoms with van der Waals surface area (Å²) in [6.45, 7) is 5.76. The summed E-state index contributed by atoms with van der Waals surface area (Å²) < 4.78 is 7.40. The van der Waals surface area contributed by atoms with Gasteiger partial charge in [-0.3, -0.25) is 4.90 Å². The minimum Gasteiger partial charge on any atom is -0.478 e. The normalized spacial score (nSPS) is 22.0. The molecule has 2 fully saturated rings. The first-order valence-corrected chi connectivity index (χ1v) is 9.71. The number of carbonyl (C=O) groups is 1. The lowest BCUT2D eigenvalue weighted by molar-refractivity contribution is 0.0234. The average molecular weight is 370 g/mol. The van der Waals surface area contributed by atoms with E-state index in [0.29, 0.717) is 12.0 Å². The van der Waals surface area contributed by atoms with Gasteiger partial charge in [-0.25, -0.2) is 14.5 Å². The van der Waals surface area contributed by atoms with Gasteiger partial charge in [0.15, 0.2) is 0 Å². The second-order valence-corrected chi connectivity index (χ2v) is 7.46. The fourth-order valence-electron chi connectivity index (χ4n) is 4.23. The van der Waals surface area contributed by atoms with Crippen molar-refractivity contribution in [3.8, 4) is 5.69 Å². The number of benzene rings is 1. The summed E-state index contributed by atoms with van der Waals surface area (Å²) in [5, 5.41) is 13.7. The Labute approximate surface area is 159 Å². The Hall–Kier alpha value is -2.25. The third-order valence-electron chi connectivity index (χ3n) is 5.62. The van der Waals surface area contributed by atoms with Gasteiger partial charge in [0.1, 0.15) is 11.6 Å². The van der Waals surface area contributed by atoms with Crippen molar-refractivity contribution in [2.24, 2.45) is 0 Å². The molecule has 2 aliphatic rings. The van der Waals surface area contributed by atoms with Crippen molar-refractivity contribution in [1.29, 1.82) is 0 Å². The number of likely N-dealkylation sites (tertiary alicyclic amines) is 1. The molecule has 0 spiro atoms. The van der Waals surface area contributed by atoms with Crippen molar-refractivity contribution in [2.45, 2.75) is 44.6 Å². The molecule has 3 heterocycles. The largest absolute Gasteiger partial charge is 0.478 e. The zero-order chi connectivity index (χ0) is 18.8. The molecule has 0 amide bonds. The van der Waals surface area contributed by atoms with Gasteiger partial charge in [0.25, 0.3) is 0 Å². The molecule has 1 unspecified atom stereocenters. The van der Waals surface area contributed by atoms with E-state index in [-0.39, 0.29) is 5.56 Å². The van der Waals surface area contributed by atoms with Crippen molar-refractivity contribution in [1.82, 2.24) is 19.7 Å². The fraction of sp³-hybridized carbons (Fsp3) is 0.550. The lowest BCUT2D eigenvalue weighted by atomic mass is 9.94. The number of aromatic carboxylic acids is 1. The summed E-state index contributed by atoms with van der Waals surface area (Å²) >= 11 is 0. The number of piperidine rings is 1. The standard InChI is InChI=1S/C20H26N4O3/c1-14-21-19(24(22-14)18-6-4-15(5-7-18)20(25)26)16-3-2-10-23(13-16)17-8-11-27-12-9-17/h4-7,16-17H,2-3,8-13H2,1H3,(H,25,26). The Morgan fingerprint density at radius 1 is 1.19 bits per heavy atom. The van der Waals surface area contributed by atoms with Crippen LogP contribution < -0.4 is 0 Å². The first-order valence-electron chi connectivity index (χ1n) is 9.71. The predicted molar refractivity (Wildman–Crippen MR) is 100 cm³/mol. The molecule has 1 atom stereocenters. The van der Waals surface area contributed by atoms with E-state index < -0.39 is 5.97 Å². The van der Waals surface area contributed by atoms with Gasteiger partial charge in [0.2, 0.25) is 0 Å². The van der Waals surface area contributed by atoms with Crippen LogP contribution in [-0.4, -0.2) is 63.1 Å². The first-order chi connectivity index (χ1) is 13.1. The van der Waals surface area contributed by atoms with Gasteiger partial charge in [0.05, 0.1) is 11.3 Å². The predicted octanol–water partition coefficient (Wildman–Crippen LogP) is 2.63. The number of carboxylic acids is 1. The van der Waals surface area contributed by atoms with E-state index in [4.69, 9.17) is 14.8 Å². The second kappa shape index (κ2) is 7.78. The topological polar surface area (TPSA) is 80.5 Å². The van der Waals surface area contributed by atoms with E-state index in [0.717, 1.165) is 69.3 Å². The average Bonchev–Trinajstić information content (AvgIpc) is 3.10. The van der Waals surface area contributed by atoms with E-state index in [9.17, 15) is 4.79 Å². The van der Waals surface area contributed by atoms with E-state index in [1.54, 1.807) is 24.3 Å². The highest BCUT2D eigenvalue weighted by molar-refractivity contribution is 5.87. The van der Waals surface area contributed by atoms with Crippen LogP contribution in [0, 0.1) is 6.92 Å². The molecule has 2 saturated heterocycles. The maximum absolute atomic E-state index is 11.1. The van der Waals surface area contributed by atoms with Crippen LogP contribution in [0.5, 0.6) is 0 Å². The maximum Gasteiger partial charge on any atom is 0.335 e. The van der Waals surface area contributed by atoms with Gasteiger partial charge in [-0.1, -0.05) is 0 Å². The van der Waals surface area contributed by atoms with E-state index >= 15 is 0 Å². The Bertz CT molecular complexity index is 796. The smallest absolute Gasteiger partial charge is 0.335 e. The summed E-state index contributed by atoms with van der Waals surface area (Å²) in [5.74, 6) is 1.14. The van der Waals surface area contributed by atoms with Gasteiger partial charge in [0, 0.05) is 31.7 Å².